The lowest BCUT2D eigenvalue weighted by atomic mass is 9.91. The third-order valence-corrected chi connectivity index (χ3v) is 4.01. The second kappa shape index (κ2) is 7.43. The number of ether oxygens (including phenoxy) is 2. The van der Waals surface area contributed by atoms with E-state index >= 15 is 0 Å². The van der Waals surface area contributed by atoms with Gasteiger partial charge >= 0.3 is 0 Å². The number of benzene rings is 1. The van der Waals surface area contributed by atoms with Gasteiger partial charge in [-0.05, 0) is 36.5 Å². The molecule has 2 rings (SSSR count). The van der Waals surface area contributed by atoms with Gasteiger partial charge in [0.2, 0.25) is 5.91 Å². The van der Waals surface area contributed by atoms with Gasteiger partial charge < -0.3 is 20.1 Å². The lowest BCUT2D eigenvalue weighted by Crippen LogP contribution is -2.47. The van der Waals surface area contributed by atoms with Crippen LogP contribution < -0.4 is 10.5 Å². The molecule has 1 aliphatic heterocycles. The Hall–Kier alpha value is -1.59. The molecule has 0 aromatic heterocycles. The summed E-state index contributed by atoms with van der Waals surface area (Å²) in [7, 11) is 3.43. The molecule has 116 valence electrons. The number of carbonyl (C=O) groups is 1. The van der Waals surface area contributed by atoms with Crippen molar-refractivity contribution in [2.75, 3.05) is 27.4 Å². The molecule has 1 aromatic rings. The monoisotopic (exact) mass is 292 g/mol. The van der Waals surface area contributed by atoms with E-state index in [1.807, 2.05) is 24.3 Å². The lowest BCUT2D eigenvalue weighted by molar-refractivity contribution is -0.133. The van der Waals surface area contributed by atoms with Crippen LogP contribution in [-0.2, 0) is 16.1 Å². The summed E-state index contributed by atoms with van der Waals surface area (Å²) >= 11 is 0. The highest BCUT2D eigenvalue weighted by Crippen LogP contribution is 2.19. The summed E-state index contributed by atoms with van der Waals surface area (Å²) in [6, 6.07) is 7.28. The first-order chi connectivity index (χ1) is 10.1. The van der Waals surface area contributed by atoms with Gasteiger partial charge in [0.1, 0.15) is 5.75 Å². The van der Waals surface area contributed by atoms with E-state index in [9.17, 15) is 4.79 Å². The molecule has 1 amide bonds. The van der Waals surface area contributed by atoms with Crippen LogP contribution in [-0.4, -0.2) is 44.2 Å². The molecule has 5 heteroatoms. The average Bonchev–Trinajstić information content (AvgIpc) is 2.55. The highest BCUT2D eigenvalue weighted by atomic mass is 16.5. The van der Waals surface area contributed by atoms with Crippen LogP contribution in [0.4, 0.5) is 0 Å². The van der Waals surface area contributed by atoms with Crippen LogP contribution in [0.1, 0.15) is 18.4 Å². The summed E-state index contributed by atoms with van der Waals surface area (Å²) in [6.07, 6.45) is 1.73. The molecule has 0 saturated carbocycles. The van der Waals surface area contributed by atoms with E-state index in [2.05, 4.69) is 0 Å². The van der Waals surface area contributed by atoms with Crippen LogP contribution >= 0.6 is 0 Å². The van der Waals surface area contributed by atoms with Gasteiger partial charge in [0.15, 0.2) is 0 Å². The number of carbonyl (C=O) groups excluding carboxylic acids is 1. The number of nitrogens with two attached hydrogens (primary N) is 1. The Labute approximate surface area is 126 Å². The van der Waals surface area contributed by atoms with Gasteiger partial charge in [-0.2, -0.15) is 0 Å². The Balaban J connectivity index is 1.91. The summed E-state index contributed by atoms with van der Waals surface area (Å²) in [6.45, 7) is 1.96. The molecule has 2 N–H and O–H groups in total. The first-order valence-electron chi connectivity index (χ1n) is 7.33. The molecular formula is C16H24N2O3. The van der Waals surface area contributed by atoms with Crippen molar-refractivity contribution in [3.8, 4) is 5.75 Å². The Morgan fingerprint density at radius 2 is 2.00 bits per heavy atom. The number of hydrogen-bond acceptors (Lipinski definition) is 4. The fourth-order valence-corrected chi connectivity index (χ4v) is 2.61. The van der Waals surface area contributed by atoms with E-state index in [1.165, 1.54) is 0 Å². The number of amides is 1. The zero-order chi connectivity index (χ0) is 15.2. The number of hydrogen-bond donors (Lipinski definition) is 1. The van der Waals surface area contributed by atoms with Crippen LogP contribution in [0.25, 0.3) is 0 Å². The third kappa shape index (κ3) is 4.19. The van der Waals surface area contributed by atoms with Crippen molar-refractivity contribution in [1.82, 2.24) is 4.90 Å². The largest absolute Gasteiger partial charge is 0.497 e. The van der Waals surface area contributed by atoms with Crippen LogP contribution in [0.2, 0.25) is 0 Å². The van der Waals surface area contributed by atoms with Crippen molar-refractivity contribution in [3.05, 3.63) is 29.8 Å². The highest BCUT2D eigenvalue weighted by molar-refractivity contribution is 5.81. The second-order valence-corrected chi connectivity index (χ2v) is 5.52. The van der Waals surface area contributed by atoms with Gasteiger partial charge in [-0.3, -0.25) is 4.79 Å². The van der Waals surface area contributed by atoms with Crippen molar-refractivity contribution in [2.24, 2.45) is 11.7 Å². The van der Waals surface area contributed by atoms with Gasteiger partial charge in [-0.25, -0.2) is 0 Å². The molecule has 0 spiro atoms. The summed E-state index contributed by atoms with van der Waals surface area (Å²) < 4.78 is 10.4. The Kier molecular flexibility index (Phi) is 5.59. The minimum absolute atomic E-state index is 0.00211. The molecule has 1 aromatic carbocycles. The van der Waals surface area contributed by atoms with E-state index in [0.717, 1.165) is 24.2 Å². The number of nitrogens with zero attached hydrogens (tertiary/aromatic N) is 1. The molecule has 1 fully saturated rings. The molecule has 1 aliphatic rings. The molecule has 1 atom stereocenters. The maximum absolute atomic E-state index is 12.4. The van der Waals surface area contributed by atoms with E-state index in [4.69, 9.17) is 15.2 Å². The highest BCUT2D eigenvalue weighted by Gasteiger charge is 2.28. The quantitative estimate of drug-likeness (QED) is 0.891. The summed E-state index contributed by atoms with van der Waals surface area (Å²) in [4.78, 5) is 14.1. The maximum atomic E-state index is 12.4. The molecule has 1 unspecified atom stereocenters. The predicted octanol–water partition coefficient (Wildman–Crippen LogP) is 1.41. The van der Waals surface area contributed by atoms with E-state index in [0.29, 0.717) is 19.8 Å². The fourth-order valence-electron chi connectivity index (χ4n) is 2.61. The van der Waals surface area contributed by atoms with Gasteiger partial charge in [-0.1, -0.05) is 12.1 Å². The van der Waals surface area contributed by atoms with Crippen molar-refractivity contribution in [1.29, 1.82) is 0 Å². The molecule has 1 saturated heterocycles. The maximum Gasteiger partial charge on any atom is 0.239 e. The van der Waals surface area contributed by atoms with Crippen molar-refractivity contribution in [2.45, 2.75) is 25.4 Å². The molecule has 0 aliphatic carbocycles. The predicted molar refractivity (Wildman–Crippen MR) is 81.0 cm³/mol. The Morgan fingerprint density at radius 3 is 2.57 bits per heavy atom. The smallest absolute Gasteiger partial charge is 0.239 e. The minimum atomic E-state index is -0.433. The topological polar surface area (TPSA) is 64.8 Å². The zero-order valence-electron chi connectivity index (χ0n) is 12.7. The molecule has 1 heterocycles. The average molecular weight is 292 g/mol. The number of rotatable bonds is 5. The first-order valence-corrected chi connectivity index (χ1v) is 7.33. The summed E-state index contributed by atoms with van der Waals surface area (Å²) in [5, 5.41) is 0. The summed E-state index contributed by atoms with van der Waals surface area (Å²) in [5.41, 5.74) is 7.19. The van der Waals surface area contributed by atoms with Crippen molar-refractivity contribution < 1.29 is 14.3 Å². The number of likely N-dealkylation sites (N-methyl/N-ethyl adjacent to an activating group) is 1. The first kappa shape index (κ1) is 15.8. The van der Waals surface area contributed by atoms with Crippen molar-refractivity contribution >= 4 is 5.91 Å². The molecule has 0 radical (unpaired) electrons. The second-order valence-electron chi connectivity index (χ2n) is 5.52. The summed E-state index contributed by atoms with van der Waals surface area (Å²) in [5.74, 6) is 1.04. The number of methoxy groups -OCH3 is 1. The van der Waals surface area contributed by atoms with Crippen molar-refractivity contribution in [3.63, 3.8) is 0 Å². The van der Waals surface area contributed by atoms with Gasteiger partial charge in [-0.15, -0.1) is 0 Å². The van der Waals surface area contributed by atoms with Gasteiger partial charge in [0, 0.05) is 26.8 Å². The standard InChI is InChI=1S/C16H24N2O3/c1-18(11-12-3-5-14(20-2)6-4-12)16(19)15(17)13-7-9-21-10-8-13/h3-6,13,15H,7-11,17H2,1-2H3. The zero-order valence-corrected chi connectivity index (χ0v) is 12.7. The van der Waals surface area contributed by atoms with Gasteiger partial charge in [0.25, 0.3) is 0 Å². The van der Waals surface area contributed by atoms with Crippen LogP contribution in [0, 0.1) is 5.92 Å². The van der Waals surface area contributed by atoms with Crippen LogP contribution in [0.5, 0.6) is 5.75 Å². The van der Waals surface area contributed by atoms with E-state index in [1.54, 1.807) is 19.1 Å². The minimum Gasteiger partial charge on any atom is -0.497 e. The van der Waals surface area contributed by atoms with E-state index in [-0.39, 0.29) is 11.8 Å². The molecule has 5 nitrogen and oxygen atoms in total. The van der Waals surface area contributed by atoms with Gasteiger partial charge in [0.05, 0.1) is 13.2 Å². The normalized spacial score (nSPS) is 17.3. The lowest BCUT2D eigenvalue weighted by Gasteiger charge is -2.29. The molecule has 0 bridgehead atoms. The van der Waals surface area contributed by atoms with E-state index < -0.39 is 6.04 Å². The third-order valence-electron chi connectivity index (χ3n) is 4.01. The molecular weight excluding hydrogens is 268 g/mol. The van der Waals surface area contributed by atoms with Crippen LogP contribution in [0.15, 0.2) is 24.3 Å². The fraction of sp³-hybridized carbons (Fsp3) is 0.562. The molecule has 21 heavy (non-hydrogen) atoms. The SMILES string of the molecule is COc1ccc(CN(C)C(=O)C(N)C2CCOCC2)cc1. The van der Waals surface area contributed by atoms with Crippen LogP contribution in [0.3, 0.4) is 0 Å². The Morgan fingerprint density at radius 1 is 1.38 bits per heavy atom. The Bertz CT molecular complexity index is 455.